The third kappa shape index (κ3) is 5.44. The second-order valence-electron chi connectivity index (χ2n) is 15.7. The molecule has 0 N–H and O–H groups in total. The first-order valence-electron chi connectivity index (χ1n) is 19.8. The number of fused-ring (bicyclic) bond motifs is 7. The van der Waals surface area contributed by atoms with E-state index in [0.29, 0.717) is 0 Å². The molecule has 0 saturated heterocycles. The Hall–Kier alpha value is -6.74. The Kier molecular flexibility index (Phi) is 7.77. The zero-order valence-corrected chi connectivity index (χ0v) is 32.7. The van der Waals surface area contributed by atoms with Crippen molar-refractivity contribution in [2.45, 2.75) is 19.3 Å². The molecule has 0 fully saturated rings. The molecular weight excluding hydrogens is 707 g/mol. The first kappa shape index (κ1) is 33.6. The van der Waals surface area contributed by atoms with E-state index in [0.717, 1.165) is 17.1 Å². The molecule has 0 atom stereocenters. The maximum Gasteiger partial charge on any atom is 0.0467 e. The summed E-state index contributed by atoms with van der Waals surface area (Å²) >= 11 is 1.87. The fourth-order valence-electron chi connectivity index (χ4n) is 9.42. The lowest BCUT2D eigenvalue weighted by molar-refractivity contribution is 0.662. The molecule has 57 heavy (non-hydrogen) atoms. The molecule has 0 radical (unpaired) electrons. The van der Waals surface area contributed by atoms with Crippen molar-refractivity contribution in [1.82, 2.24) is 0 Å². The molecule has 9 aromatic carbocycles. The lowest BCUT2D eigenvalue weighted by Gasteiger charge is -2.27. The van der Waals surface area contributed by atoms with Gasteiger partial charge in [0.05, 0.1) is 0 Å². The Balaban J connectivity index is 1.03. The van der Waals surface area contributed by atoms with Crippen LogP contribution >= 0.6 is 11.3 Å². The average molecular weight is 746 g/mol. The quantitative estimate of drug-likeness (QED) is 0.164. The molecule has 1 aliphatic rings. The fraction of sp³-hybridized carbons (Fsp3) is 0.0545. The molecule has 0 bridgehead atoms. The van der Waals surface area contributed by atoms with Crippen molar-refractivity contribution >= 4 is 59.3 Å². The van der Waals surface area contributed by atoms with E-state index in [9.17, 15) is 0 Å². The zero-order valence-electron chi connectivity index (χ0n) is 31.9. The molecule has 1 aliphatic carbocycles. The van der Waals surface area contributed by atoms with Gasteiger partial charge in [-0.05, 0) is 115 Å². The lowest BCUT2D eigenvalue weighted by atomic mass is 9.79. The van der Waals surface area contributed by atoms with E-state index in [-0.39, 0.29) is 5.41 Å². The first-order valence-corrected chi connectivity index (χ1v) is 20.6. The van der Waals surface area contributed by atoms with Gasteiger partial charge in [0.15, 0.2) is 0 Å². The van der Waals surface area contributed by atoms with Crippen LogP contribution < -0.4 is 4.90 Å². The monoisotopic (exact) mass is 745 g/mol. The summed E-state index contributed by atoms with van der Waals surface area (Å²) in [5.74, 6) is 0. The maximum absolute atomic E-state index is 2.40. The van der Waals surface area contributed by atoms with Gasteiger partial charge < -0.3 is 4.90 Å². The molecule has 0 amide bonds. The summed E-state index contributed by atoms with van der Waals surface area (Å²) in [7, 11) is 0. The van der Waals surface area contributed by atoms with Gasteiger partial charge >= 0.3 is 0 Å². The van der Waals surface area contributed by atoms with Crippen LogP contribution in [0.15, 0.2) is 200 Å². The zero-order chi connectivity index (χ0) is 38.1. The van der Waals surface area contributed by atoms with Crippen molar-refractivity contribution in [2.75, 3.05) is 4.90 Å². The number of benzene rings is 9. The Labute approximate surface area is 337 Å². The Bertz CT molecular complexity index is 3140. The number of rotatable bonds is 6. The Morgan fingerprint density at radius 3 is 1.77 bits per heavy atom. The predicted molar refractivity (Wildman–Crippen MR) is 245 cm³/mol. The predicted octanol–water partition coefficient (Wildman–Crippen LogP) is 16.0. The van der Waals surface area contributed by atoms with Crippen LogP contribution in [-0.4, -0.2) is 0 Å². The number of hydrogen-bond donors (Lipinski definition) is 0. The van der Waals surface area contributed by atoms with E-state index < -0.39 is 0 Å². The van der Waals surface area contributed by atoms with E-state index in [1.54, 1.807) is 0 Å². The highest BCUT2D eigenvalue weighted by atomic mass is 32.1. The van der Waals surface area contributed by atoms with Crippen molar-refractivity contribution in [2.24, 2.45) is 0 Å². The molecule has 0 saturated carbocycles. The van der Waals surface area contributed by atoms with E-state index in [1.807, 2.05) is 11.3 Å². The average Bonchev–Trinajstić information content (AvgIpc) is 3.76. The van der Waals surface area contributed by atoms with Crippen LogP contribution in [0.1, 0.15) is 25.0 Å². The van der Waals surface area contributed by atoms with Gasteiger partial charge in [0, 0.05) is 42.6 Å². The summed E-state index contributed by atoms with van der Waals surface area (Å²) in [6.07, 6.45) is 0. The minimum atomic E-state index is -0.0866. The van der Waals surface area contributed by atoms with E-state index in [4.69, 9.17) is 0 Å². The van der Waals surface area contributed by atoms with Gasteiger partial charge in [0.25, 0.3) is 0 Å². The molecule has 0 spiro atoms. The smallest absolute Gasteiger partial charge is 0.0467 e. The van der Waals surface area contributed by atoms with Crippen molar-refractivity contribution in [3.8, 4) is 44.5 Å². The van der Waals surface area contributed by atoms with Crippen molar-refractivity contribution in [3.63, 3.8) is 0 Å². The molecule has 1 heterocycles. The molecule has 1 aromatic heterocycles. The largest absolute Gasteiger partial charge is 0.310 e. The van der Waals surface area contributed by atoms with Gasteiger partial charge in [-0.1, -0.05) is 166 Å². The number of nitrogens with zero attached hydrogens (tertiary/aromatic N) is 1. The summed E-state index contributed by atoms with van der Waals surface area (Å²) in [5.41, 5.74) is 16.2. The second-order valence-corrected chi connectivity index (χ2v) is 16.8. The van der Waals surface area contributed by atoms with Crippen LogP contribution in [0.5, 0.6) is 0 Å². The van der Waals surface area contributed by atoms with Crippen molar-refractivity contribution < 1.29 is 0 Å². The van der Waals surface area contributed by atoms with E-state index >= 15 is 0 Å². The fourth-order valence-corrected chi connectivity index (χ4v) is 10.6. The summed E-state index contributed by atoms with van der Waals surface area (Å²) in [5, 5.41) is 5.16. The van der Waals surface area contributed by atoms with Crippen LogP contribution in [0.2, 0.25) is 0 Å². The normalized spacial score (nSPS) is 12.9. The molecule has 1 nitrogen and oxygen atoms in total. The molecule has 11 rings (SSSR count). The number of thiophene rings is 1. The standard InChI is InChI=1S/C55H39NS/c1-55(2)50-24-7-5-18-47(50)48-23-11-22-46(54(48)55)38-29-33-41(34-30-38)56(42-16-9-15-39(35-42)44-20-10-14-36-13-3-4-17-43(36)44)40-31-27-37(28-32-40)45-21-12-26-52-53(45)49-19-6-8-25-51(49)57-52/h3-35H,1-2H3. The van der Waals surface area contributed by atoms with Crippen LogP contribution in [0, 0.1) is 0 Å². The summed E-state index contributed by atoms with van der Waals surface area (Å²) in [6.45, 7) is 4.73. The Morgan fingerprint density at radius 1 is 0.386 bits per heavy atom. The lowest BCUT2D eigenvalue weighted by Crippen LogP contribution is -2.16. The molecule has 2 heteroatoms. The molecular formula is C55H39NS. The minimum Gasteiger partial charge on any atom is -0.310 e. The van der Waals surface area contributed by atoms with Crippen LogP contribution in [-0.2, 0) is 5.41 Å². The Morgan fingerprint density at radius 2 is 0.947 bits per heavy atom. The highest BCUT2D eigenvalue weighted by Gasteiger charge is 2.37. The summed E-state index contributed by atoms with van der Waals surface area (Å²) in [4.78, 5) is 2.40. The highest BCUT2D eigenvalue weighted by molar-refractivity contribution is 7.25. The van der Waals surface area contributed by atoms with Gasteiger partial charge in [-0.25, -0.2) is 0 Å². The first-order chi connectivity index (χ1) is 28.0. The van der Waals surface area contributed by atoms with Gasteiger partial charge in [-0.15, -0.1) is 11.3 Å². The maximum atomic E-state index is 2.40. The van der Waals surface area contributed by atoms with Crippen molar-refractivity contribution in [3.05, 3.63) is 211 Å². The summed E-state index contributed by atoms with van der Waals surface area (Å²) in [6, 6.07) is 73.8. The van der Waals surface area contributed by atoms with Gasteiger partial charge in [0.2, 0.25) is 0 Å². The van der Waals surface area contributed by atoms with Gasteiger partial charge in [0.1, 0.15) is 0 Å². The van der Waals surface area contributed by atoms with Gasteiger partial charge in [-0.2, -0.15) is 0 Å². The third-order valence-electron chi connectivity index (χ3n) is 12.1. The van der Waals surface area contributed by atoms with Crippen LogP contribution in [0.25, 0.3) is 75.5 Å². The van der Waals surface area contributed by atoms with Gasteiger partial charge in [-0.3, -0.25) is 0 Å². The van der Waals surface area contributed by atoms with Crippen LogP contribution in [0.3, 0.4) is 0 Å². The second kappa shape index (κ2) is 13.2. The number of anilines is 3. The molecule has 270 valence electrons. The number of hydrogen-bond acceptors (Lipinski definition) is 2. The summed E-state index contributed by atoms with van der Waals surface area (Å²) < 4.78 is 2.65. The topological polar surface area (TPSA) is 3.24 Å². The molecule has 0 unspecified atom stereocenters. The molecule has 0 aliphatic heterocycles. The SMILES string of the molecule is CC1(C)c2ccccc2-c2cccc(-c3ccc(N(c4ccc(-c5cccc6sc7ccccc7c56)cc4)c4cccc(-c5cccc6ccccc56)c4)cc3)c21. The third-order valence-corrected chi connectivity index (χ3v) is 13.2. The minimum absolute atomic E-state index is 0.0866. The van der Waals surface area contributed by atoms with E-state index in [2.05, 4.69) is 219 Å². The van der Waals surface area contributed by atoms with Crippen LogP contribution in [0.4, 0.5) is 17.1 Å². The highest BCUT2D eigenvalue weighted by Crippen LogP contribution is 2.52. The van der Waals surface area contributed by atoms with Crippen molar-refractivity contribution in [1.29, 1.82) is 0 Å². The van der Waals surface area contributed by atoms with E-state index in [1.165, 1.54) is 86.6 Å². The molecule has 10 aromatic rings.